The molecule has 3 rings (SSSR count). The molecule has 2 bridgehead atoms. The van der Waals surface area contributed by atoms with Crippen LogP contribution in [0.5, 0.6) is 0 Å². The number of hydrogen-bond donors (Lipinski definition) is 3. The van der Waals surface area contributed by atoms with E-state index in [1.165, 1.54) is 0 Å². The number of carboxylic acid groups (broad SMARTS) is 1. The van der Waals surface area contributed by atoms with E-state index in [0.717, 1.165) is 11.5 Å². The SMILES string of the molecule is O=C(O)C1C2C=CC(=C3NNCC31)O2. The number of aliphatic carboxylic acids is 1. The van der Waals surface area contributed by atoms with Gasteiger partial charge in [0.15, 0.2) is 0 Å². The third-order valence-electron chi connectivity index (χ3n) is 2.95. The van der Waals surface area contributed by atoms with Crippen LogP contribution in [0, 0.1) is 11.8 Å². The molecule has 74 valence electrons. The maximum absolute atomic E-state index is 11.1. The molecule has 3 aliphatic heterocycles. The maximum atomic E-state index is 11.1. The van der Waals surface area contributed by atoms with E-state index in [-0.39, 0.29) is 12.0 Å². The van der Waals surface area contributed by atoms with Crippen LogP contribution in [-0.4, -0.2) is 23.7 Å². The Bertz CT molecular complexity index is 361. The Hall–Kier alpha value is -1.49. The van der Waals surface area contributed by atoms with Crippen LogP contribution in [0.25, 0.3) is 0 Å². The Balaban J connectivity index is 2.07. The predicted molar refractivity (Wildman–Crippen MR) is 46.8 cm³/mol. The van der Waals surface area contributed by atoms with Crippen molar-refractivity contribution in [3.05, 3.63) is 23.6 Å². The highest BCUT2D eigenvalue weighted by Crippen LogP contribution is 2.39. The molecular formula is C9H10N2O3. The zero-order chi connectivity index (χ0) is 9.71. The molecule has 0 amide bonds. The Labute approximate surface area is 80.4 Å². The fourth-order valence-electron chi connectivity index (χ4n) is 2.30. The van der Waals surface area contributed by atoms with Gasteiger partial charge in [0, 0.05) is 12.5 Å². The fourth-order valence-corrected chi connectivity index (χ4v) is 2.30. The molecule has 3 N–H and O–H groups in total. The van der Waals surface area contributed by atoms with Crippen LogP contribution in [0.4, 0.5) is 0 Å². The van der Waals surface area contributed by atoms with E-state index in [1.807, 2.05) is 12.2 Å². The van der Waals surface area contributed by atoms with Gasteiger partial charge in [-0.15, -0.1) is 0 Å². The lowest BCUT2D eigenvalue weighted by Crippen LogP contribution is -2.38. The van der Waals surface area contributed by atoms with Crippen LogP contribution in [0.2, 0.25) is 0 Å². The van der Waals surface area contributed by atoms with Crippen molar-refractivity contribution < 1.29 is 14.6 Å². The molecule has 0 aromatic rings. The van der Waals surface area contributed by atoms with Gasteiger partial charge in [0.2, 0.25) is 0 Å². The van der Waals surface area contributed by atoms with Crippen molar-refractivity contribution in [2.24, 2.45) is 11.8 Å². The van der Waals surface area contributed by atoms with E-state index in [1.54, 1.807) is 0 Å². The van der Waals surface area contributed by atoms with Crippen molar-refractivity contribution in [2.75, 3.05) is 6.54 Å². The van der Waals surface area contributed by atoms with Gasteiger partial charge in [-0.05, 0) is 12.2 Å². The van der Waals surface area contributed by atoms with Crippen LogP contribution >= 0.6 is 0 Å². The van der Waals surface area contributed by atoms with Gasteiger partial charge < -0.3 is 15.3 Å². The predicted octanol–water partition coefficient (Wildman–Crippen LogP) is -0.409. The summed E-state index contributed by atoms with van der Waals surface area (Å²) in [6.45, 7) is 0.650. The smallest absolute Gasteiger partial charge is 0.311 e. The summed E-state index contributed by atoms with van der Waals surface area (Å²) in [6, 6.07) is 0. The second-order valence-corrected chi connectivity index (χ2v) is 3.70. The minimum absolute atomic E-state index is 0.0104. The van der Waals surface area contributed by atoms with Crippen LogP contribution in [0.3, 0.4) is 0 Å². The zero-order valence-electron chi connectivity index (χ0n) is 7.36. The maximum Gasteiger partial charge on any atom is 0.311 e. The van der Waals surface area contributed by atoms with Gasteiger partial charge in [-0.2, -0.15) is 0 Å². The van der Waals surface area contributed by atoms with E-state index in [4.69, 9.17) is 9.84 Å². The highest BCUT2D eigenvalue weighted by molar-refractivity contribution is 5.73. The molecular weight excluding hydrogens is 184 g/mol. The molecule has 1 saturated heterocycles. The fraction of sp³-hybridized carbons (Fsp3) is 0.444. The summed E-state index contributed by atoms with van der Waals surface area (Å²) in [5, 5.41) is 9.11. The highest BCUT2D eigenvalue weighted by atomic mass is 16.5. The van der Waals surface area contributed by atoms with Gasteiger partial charge in [-0.3, -0.25) is 4.79 Å². The van der Waals surface area contributed by atoms with Crippen LogP contribution in [0.1, 0.15) is 0 Å². The highest BCUT2D eigenvalue weighted by Gasteiger charge is 2.47. The third kappa shape index (κ3) is 0.846. The summed E-state index contributed by atoms with van der Waals surface area (Å²) in [5.74, 6) is -0.484. The molecule has 0 radical (unpaired) electrons. The summed E-state index contributed by atoms with van der Waals surface area (Å²) >= 11 is 0. The lowest BCUT2D eigenvalue weighted by molar-refractivity contribution is -0.147. The molecule has 5 heteroatoms. The Morgan fingerprint density at radius 1 is 1.64 bits per heavy atom. The molecule has 0 aromatic heterocycles. The normalized spacial score (nSPS) is 37.9. The standard InChI is InChI=1S/C9H10N2O3/c12-9(13)7-4-3-10-11-8(4)6-2-1-5(7)14-6/h1-2,4-5,7,10-11H,3H2,(H,12,13). The molecule has 1 fully saturated rings. The molecule has 5 nitrogen and oxygen atoms in total. The number of carbonyl (C=O) groups is 1. The average Bonchev–Trinajstić information content (AvgIpc) is 2.73. The number of hydrazine groups is 1. The van der Waals surface area contributed by atoms with E-state index >= 15 is 0 Å². The number of carboxylic acids is 1. The van der Waals surface area contributed by atoms with E-state index in [2.05, 4.69) is 10.9 Å². The number of nitrogens with one attached hydrogen (secondary N) is 2. The Morgan fingerprint density at radius 2 is 2.50 bits per heavy atom. The number of ether oxygens (including phenoxy) is 1. The first-order valence-electron chi connectivity index (χ1n) is 4.58. The summed E-state index contributed by atoms with van der Waals surface area (Å²) in [4.78, 5) is 11.1. The second-order valence-electron chi connectivity index (χ2n) is 3.70. The van der Waals surface area contributed by atoms with Crippen molar-refractivity contribution >= 4 is 5.97 Å². The number of hydrogen-bond acceptors (Lipinski definition) is 4. The van der Waals surface area contributed by atoms with E-state index in [0.29, 0.717) is 6.54 Å². The van der Waals surface area contributed by atoms with Crippen LogP contribution in [-0.2, 0) is 9.53 Å². The quantitative estimate of drug-likeness (QED) is 0.529. The summed E-state index contributed by atoms with van der Waals surface area (Å²) in [5.41, 5.74) is 6.79. The molecule has 14 heavy (non-hydrogen) atoms. The third-order valence-corrected chi connectivity index (χ3v) is 2.95. The van der Waals surface area contributed by atoms with Crippen LogP contribution < -0.4 is 10.9 Å². The van der Waals surface area contributed by atoms with Gasteiger partial charge in [-0.1, -0.05) is 0 Å². The number of rotatable bonds is 1. The summed E-state index contributed by atoms with van der Waals surface area (Å²) in [7, 11) is 0. The average molecular weight is 194 g/mol. The molecule has 3 aliphatic rings. The molecule has 3 heterocycles. The van der Waals surface area contributed by atoms with Gasteiger partial charge in [0.05, 0.1) is 5.70 Å². The minimum atomic E-state index is -0.798. The van der Waals surface area contributed by atoms with Gasteiger partial charge in [0.1, 0.15) is 17.8 Å². The first-order chi connectivity index (χ1) is 6.77. The molecule has 0 saturated carbocycles. The Morgan fingerprint density at radius 3 is 3.29 bits per heavy atom. The lowest BCUT2D eigenvalue weighted by atomic mass is 9.85. The first kappa shape index (κ1) is 7.87. The molecule has 3 atom stereocenters. The topological polar surface area (TPSA) is 70.6 Å². The monoisotopic (exact) mass is 194 g/mol. The van der Waals surface area contributed by atoms with Crippen molar-refractivity contribution in [3.8, 4) is 0 Å². The van der Waals surface area contributed by atoms with E-state index in [9.17, 15) is 4.79 Å². The van der Waals surface area contributed by atoms with Crippen molar-refractivity contribution in [1.29, 1.82) is 0 Å². The zero-order valence-corrected chi connectivity index (χ0v) is 7.36. The largest absolute Gasteiger partial charge is 0.484 e. The molecule has 0 aliphatic carbocycles. The Kier molecular flexibility index (Phi) is 1.41. The summed E-state index contributed by atoms with van der Waals surface area (Å²) < 4.78 is 5.47. The minimum Gasteiger partial charge on any atom is -0.484 e. The number of allylic oxidation sites excluding steroid dienone is 1. The molecule has 0 aromatic carbocycles. The second kappa shape index (κ2) is 2.51. The summed E-state index contributed by atoms with van der Waals surface area (Å²) in [6.07, 6.45) is 3.37. The van der Waals surface area contributed by atoms with Crippen molar-refractivity contribution in [3.63, 3.8) is 0 Å². The lowest BCUT2D eigenvalue weighted by Gasteiger charge is -2.29. The van der Waals surface area contributed by atoms with Crippen LogP contribution in [0.15, 0.2) is 23.6 Å². The number of fused-ring (bicyclic) bond motifs is 3. The van der Waals surface area contributed by atoms with Crippen molar-refractivity contribution in [1.82, 2.24) is 10.9 Å². The van der Waals surface area contributed by atoms with Gasteiger partial charge in [-0.25, -0.2) is 5.43 Å². The molecule has 0 spiro atoms. The van der Waals surface area contributed by atoms with Gasteiger partial charge in [0.25, 0.3) is 0 Å². The van der Waals surface area contributed by atoms with Gasteiger partial charge >= 0.3 is 5.97 Å². The van der Waals surface area contributed by atoms with Crippen molar-refractivity contribution in [2.45, 2.75) is 6.10 Å². The first-order valence-corrected chi connectivity index (χ1v) is 4.58. The van der Waals surface area contributed by atoms with E-state index < -0.39 is 11.9 Å². The molecule has 3 unspecified atom stereocenters.